The van der Waals surface area contributed by atoms with Crippen molar-refractivity contribution in [1.29, 1.82) is 0 Å². The molecule has 1 atom stereocenters. The van der Waals surface area contributed by atoms with Crippen LogP contribution in [0.1, 0.15) is 34.4 Å². The molecule has 1 amide bonds. The minimum Gasteiger partial charge on any atom is -0.469 e. The number of nitrogens with zero attached hydrogens (tertiary/aromatic N) is 3. The van der Waals surface area contributed by atoms with E-state index in [0.29, 0.717) is 17.8 Å². The summed E-state index contributed by atoms with van der Waals surface area (Å²) in [4.78, 5) is 16.6. The number of rotatable bonds is 5. The smallest absolute Gasteiger partial charge is 0.253 e. The molecule has 0 aliphatic carbocycles. The van der Waals surface area contributed by atoms with Crippen molar-refractivity contribution in [1.82, 2.24) is 20.1 Å². The second-order valence-corrected chi connectivity index (χ2v) is 5.90. The molecule has 24 heavy (non-hydrogen) atoms. The zero-order valence-electron chi connectivity index (χ0n) is 14.0. The SMILES string of the molecule is Cc1cc(C)n(-c2ccc(C(=O)N[C@@H](C)Cc3ccco3)cn2)n1. The topological polar surface area (TPSA) is 73.0 Å². The van der Waals surface area contributed by atoms with E-state index in [9.17, 15) is 4.79 Å². The van der Waals surface area contributed by atoms with E-state index < -0.39 is 0 Å². The Morgan fingerprint density at radius 1 is 1.33 bits per heavy atom. The molecule has 0 fully saturated rings. The summed E-state index contributed by atoms with van der Waals surface area (Å²) >= 11 is 0. The van der Waals surface area contributed by atoms with E-state index >= 15 is 0 Å². The highest BCUT2D eigenvalue weighted by Crippen LogP contribution is 2.11. The molecule has 0 spiro atoms. The summed E-state index contributed by atoms with van der Waals surface area (Å²) in [5.74, 6) is 1.39. The van der Waals surface area contributed by atoms with Gasteiger partial charge in [0.05, 0.1) is 17.5 Å². The molecule has 1 N–H and O–H groups in total. The van der Waals surface area contributed by atoms with Crippen LogP contribution in [0.15, 0.2) is 47.2 Å². The van der Waals surface area contributed by atoms with Gasteiger partial charge in [-0.25, -0.2) is 9.67 Å². The van der Waals surface area contributed by atoms with Crippen molar-refractivity contribution in [2.24, 2.45) is 0 Å². The standard InChI is InChI=1S/C18H20N4O2/c1-12(10-16-5-4-8-24-16)20-18(23)15-6-7-17(19-11-15)22-14(3)9-13(2)21-22/h4-9,11-12H,10H2,1-3H3,(H,20,23)/t12-/m0/s1. The molecule has 0 aromatic carbocycles. The molecule has 0 unspecified atom stereocenters. The molecule has 124 valence electrons. The van der Waals surface area contributed by atoms with Crippen LogP contribution in [0.25, 0.3) is 5.82 Å². The maximum atomic E-state index is 12.3. The van der Waals surface area contributed by atoms with Gasteiger partial charge in [0.2, 0.25) is 0 Å². The Kier molecular flexibility index (Phi) is 4.46. The van der Waals surface area contributed by atoms with Gasteiger partial charge in [0.25, 0.3) is 5.91 Å². The van der Waals surface area contributed by atoms with Crippen LogP contribution in [0.5, 0.6) is 0 Å². The third-order valence-corrected chi connectivity index (χ3v) is 3.70. The first-order valence-corrected chi connectivity index (χ1v) is 7.86. The fourth-order valence-electron chi connectivity index (χ4n) is 2.60. The molecule has 3 aromatic heterocycles. The number of pyridine rings is 1. The highest BCUT2D eigenvalue weighted by atomic mass is 16.3. The van der Waals surface area contributed by atoms with E-state index in [-0.39, 0.29) is 11.9 Å². The first kappa shape index (κ1) is 16.0. The summed E-state index contributed by atoms with van der Waals surface area (Å²) in [5, 5.41) is 7.34. The van der Waals surface area contributed by atoms with Crippen molar-refractivity contribution in [3.8, 4) is 5.82 Å². The van der Waals surface area contributed by atoms with E-state index in [2.05, 4.69) is 15.4 Å². The largest absolute Gasteiger partial charge is 0.469 e. The molecule has 0 saturated heterocycles. The molecule has 3 aromatic rings. The van der Waals surface area contributed by atoms with Gasteiger partial charge >= 0.3 is 0 Å². The van der Waals surface area contributed by atoms with Gasteiger partial charge in [-0.3, -0.25) is 4.79 Å². The Morgan fingerprint density at radius 3 is 2.75 bits per heavy atom. The summed E-state index contributed by atoms with van der Waals surface area (Å²) < 4.78 is 7.06. The molecular weight excluding hydrogens is 304 g/mol. The van der Waals surface area contributed by atoms with Crippen molar-refractivity contribution in [2.75, 3.05) is 0 Å². The summed E-state index contributed by atoms with van der Waals surface area (Å²) in [6.07, 6.45) is 3.85. The lowest BCUT2D eigenvalue weighted by Crippen LogP contribution is -2.34. The maximum Gasteiger partial charge on any atom is 0.253 e. The Morgan fingerprint density at radius 2 is 2.17 bits per heavy atom. The van der Waals surface area contributed by atoms with Crippen LogP contribution in [0.2, 0.25) is 0 Å². The summed E-state index contributed by atoms with van der Waals surface area (Å²) in [5.41, 5.74) is 2.46. The Labute approximate surface area is 140 Å². The molecule has 0 saturated carbocycles. The van der Waals surface area contributed by atoms with Gasteiger partial charge in [-0.15, -0.1) is 0 Å². The third kappa shape index (κ3) is 3.53. The number of carbonyl (C=O) groups is 1. The van der Waals surface area contributed by atoms with Gasteiger partial charge in [0, 0.05) is 24.4 Å². The second-order valence-electron chi connectivity index (χ2n) is 5.90. The van der Waals surface area contributed by atoms with Crippen LogP contribution >= 0.6 is 0 Å². The Bertz CT molecular complexity index is 819. The quantitative estimate of drug-likeness (QED) is 0.783. The fraction of sp³-hybridized carbons (Fsp3) is 0.278. The van der Waals surface area contributed by atoms with Crippen LogP contribution in [0.3, 0.4) is 0 Å². The van der Waals surface area contributed by atoms with Crippen molar-refractivity contribution in [2.45, 2.75) is 33.2 Å². The average molecular weight is 324 g/mol. The number of nitrogens with one attached hydrogen (secondary N) is 1. The molecule has 0 aliphatic heterocycles. The lowest BCUT2D eigenvalue weighted by molar-refractivity contribution is 0.0939. The van der Waals surface area contributed by atoms with E-state index in [1.165, 1.54) is 0 Å². The van der Waals surface area contributed by atoms with Gasteiger partial charge in [0.15, 0.2) is 5.82 Å². The second kappa shape index (κ2) is 6.70. The van der Waals surface area contributed by atoms with Crippen molar-refractivity contribution in [3.05, 3.63) is 65.5 Å². The lowest BCUT2D eigenvalue weighted by Gasteiger charge is -2.12. The molecular formula is C18H20N4O2. The third-order valence-electron chi connectivity index (χ3n) is 3.70. The van der Waals surface area contributed by atoms with Crippen LogP contribution in [-0.4, -0.2) is 26.7 Å². The minimum absolute atomic E-state index is 0.0284. The normalized spacial score (nSPS) is 12.1. The van der Waals surface area contributed by atoms with E-state index in [1.54, 1.807) is 29.3 Å². The van der Waals surface area contributed by atoms with E-state index in [0.717, 1.165) is 17.1 Å². The first-order valence-electron chi connectivity index (χ1n) is 7.86. The molecule has 6 heteroatoms. The van der Waals surface area contributed by atoms with Gasteiger partial charge in [0.1, 0.15) is 5.76 Å². The maximum absolute atomic E-state index is 12.3. The fourth-order valence-corrected chi connectivity index (χ4v) is 2.60. The monoisotopic (exact) mass is 324 g/mol. The summed E-state index contributed by atoms with van der Waals surface area (Å²) in [7, 11) is 0. The number of carbonyl (C=O) groups excluding carboxylic acids is 1. The van der Waals surface area contributed by atoms with Crippen LogP contribution in [-0.2, 0) is 6.42 Å². The Hall–Kier alpha value is -2.89. The van der Waals surface area contributed by atoms with Gasteiger partial charge in [-0.05, 0) is 51.1 Å². The number of aromatic nitrogens is 3. The van der Waals surface area contributed by atoms with Gasteiger partial charge in [-0.2, -0.15) is 5.10 Å². The molecule has 3 heterocycles. The summed E-state index contributed by atoms with van der Waals surface area (Å²) in [6, 6.07) is 9.25. The molecule has 6 nitrogen and oxygen atoms in total. The number of hydrogen-bond donors (Lipinski definition) is 1. The summed E-state index contributed by atoms with van der Waals surface area (Å²) in [6.45, 7) is 5.85. The van der Waals surface area contributed by atoms with E-state index in [4.69, 9.17) is 4.42 Å². The van der Waals surface area contributed by atoms with Crippen molar-refractivity contribution < 1.29 is 9.21 Å². The Balaban J connectivity index is 1.66. The molecule has 0 bridgehead atoms. The number of amides is 1. The average Bonchev–Trinajstić information content (AvgIpc) is 3.16. The first-order chi connectivity index (χ1) is 11.5. The predicted molar refractivity (Wildman–Crippen MR) is 90.2 cm³/mol. The van der Waals surface area contributed by atoms with Crippen LogP contribution in [0, 0.1) is 13.8 Å². The zero-order valence-corrected chi connectivity index (χ0v) is 14.0. The van der Waals surface area contributed by atoms with Crippen molar-refractivity contribution in [3.63, 3.8) is 0 Å². The molecule has 0 aliphatic rings. The molecule has 3 rings (SSSR count). The zero-order chi connectivity index (χ0) is 17.1. The minimum atomic E-state index is -0.151. The van der Waals surface area contributed by atoms with Crippen molar-refractivity contribution >= 4 is 5.91 Å². The van der Waals surface area contributed by atoms with Crippen LogP contribution < -0.4 is 5.32 Å². The number of furan rings is 1. The predicted octanol–water partition coefficient (Wildman–Crippen LogP) is 2.84. The van der Waals surface area contributed by atoms with Gasteiger partial charge in [-0.1, -0.05) is 0 Å². The highest BCUT2D eigenvalue weighted by Gasteiger charge is 2.13. The number of aryl methyl sites for hydroxylation is 2. The van der Waals surface area contributed by atoms with E-state index in [1.807, 2.05) is 39.0 Å². The van der Waals surface area contributed by atoms with Gasteiger partial charge < -0.3 is 9.73 Å². The number of hydrogen-bond acceptors (Lipinski definition) is 4. The van der Waals surface area contributed by atoms with Crippen LogP contribution in [0.4, 0.5) is 0 Å². The highest BCUT2D eigenvalue weighted by molar-refractivity contribution is 5.94. The molecule has 0 radical (unpaired) electrons. The lowest BCUT2D eigenvalue weighted by atomic mass is 10.2.